The molecule has 0 radical (unpaired) electrons. The van der Waals surface area contributed by atoms with Crippen LogP contribution in [-0.2, 0) is 6.42 Å². The minimum Gasteiger partial charge on any atom is -0.314 e. The second-order valence-corrected chi connectivity index (χ2v) is 4.73. The quantitative estimate of drug-likeness (QED) is 0.738. The van der Waals surface area contributed by atoms with Crippen LogP contribution in [0.2, 0.25) is 0 Å². The summed E-state index contributed by atoms with van der Waals surface area (Å²) in [6.45, 7) is 5.33. The Bertz CT molecular complexity index is 352. The standard InChI is InChI=1S/C15H23F2N/c1-3-5-13(18-10-4-2)8-6-12-7-9-14(16)15(17)11-12/h7,9,11,13,18H,3-6,8,10H2,1-2H3. The van der Waals surface area contributed by atoms with E-state index in [1.807, 2.05) is 0 Å². The van der Waals surface area contributed by atoms with E-state index in [0.717, 1.165) is 44.2 Å². The molecule has 0 aliphatic rings. The molecule has 0 fully saturated rings. The molecule has 0 aliphatic carbocycles. The van der Waals surface area contributed by atoms with Crippen molar-refractivity contribution in [3.05, 3.63) is 35.4 Å². The van der Waals surface area contributed by atoms with Crippen molar-refractivity contribution in [2.24, 2.45) is 0 Å². The second-order valence-electron chi connectivity index (χ2n) is 4.73. The first-order chi connectivity index (χ1) is 8.67. The molecule has 1 rings (SSSR count). The lowest BCUT2D eigenvalue weighted by molar-refractivity contribution is 0.447. The van der Waals surface area contributed by atoms with Gasteiger partial charge in [-0.15, -0.1) is 0 Å². The Hall–Kier alpha value is -0.960. The first-order valence-electron chi connectivity index (χ1n) is 6.84. The van der Waals surface area contributed by atoms with Crippen LogP contribution in [0.15, 0.2) is 18.2 Å². The molecule has 3 heteroatoms. The van der Waals surface area contributed by atoms with Crippen molar-refractivity contribution >= 4 is 0 Å². The summed E-state index contributed by atoms with van der Waals surface area (Å²) in [5, 5.41) is 3.50. The fourth-order valence-electron chi connectivity index (χ4n) is 2.08. The van der Waals surface area contributed by atoms with Crippen LogP contribution in [0.25, 0.3) is 0 Å². The molecular weight excluding hydrogens is 232 g/mol. The van der Waals surface area contributed by atoms with Crippen LogP contribution < -0.4 is 5.32 Å². The highest BCUT2D eigenvalue weighted by molar-refractivity contribution is 5.17. The van der Waals surface area contributed by atoms with E-state index in [1.54, 1.807) is 6.07 Å². The van der Waals surface area contributed by atoms with Gasteiger partial charge >= 0.3 is 0 Å². The highest BCUT2D eigenvalue weighted by Crippen LogP contribution is 2.13. The van der Waals surface area contributed by atoms with Gasteiger partial charge in [-0.3, -0.25) is 0 Å². The van der Waals surface area contributed by atoms with Crippen molar-refractivity contribution < 1.29 is 8.78 Å². The smallest absolute Gasteiger partial charge is 0.159 e. The van der Waals surface area contributed by atoms with Gasteiger partial charge in [0.15, 0.2) is 11.6 Å². The predicted octanol–water partition coefficient (Wildman–Crippen LogP) is 4.07. The topological polar surface area (TPSA) is 12.0 Å². The van der Waals surface area contributed by atoms with E-state index in [4.69, 9.17) is 0 Å². The third-order valence-corrected chi connectivity index (χ3v) is 3.09. The molecule has 1 nitrogen and oxygen atoms in total. The molecular formula is C15H23F2N. The van der Waals surface area contributed by atoms with Crippen LogP contribution in [0.5, 0.6) is 0 Å². The van der Waals surface area contributed by atoms with E-state index < -0.39 is 11.6 Å². The minimum absolute atomic E-state index is 0.475. The van der Waals surface area contributed by atoms with Gasteiger partial charge in [0, 0.05) is 6.04 Å². The van der Waals surface area contributed by atoms with Crippen LogP contribution in [-0.4, -0.2) is 12.6 Å². The van der Waals surface area contributed by atoms with Gasteiger partial charge in [-0.1, -0.05) is 26.3 Å². The molecule has 0 spiro atoms. The summed E-state index contributed by atoms with van der Waals surface area (Å²) < 4.78 is 25.9. The Morgan fingerprint density at radius 3 is 2.44 bits per heavy atom. The summed E-state index contributed by atoms with van der Waals surface area (Å²) in [4.78, 5) is 0. The SMILES string of the molecule is CCCNC(CCC)CCc1ccc(F)c(F)c1. The van der Waals surface area contributed by atoms with Crippen molar-refractivity contribution in [2.45, 2.75) is 52.0 Å². The first kappa shape index (κ1) is 15.1. The maximum absolute atomic E-state index is 13.1. The average Bonchev–Trinajstić information content (AvgIpc) is 2.37. The summed E-state index contributed by atoms with van der Waals surface area (Å²) in [5.74, 6) is -1.52. The zero-order valence-corrected chi connectivity index (χ0v) is 11.3. The molecule has 102 valence electrons. The predicted molar refractivity (Wildman–Crippen MR) is 71.7 cm³/mol. The molecule has 0 saturated heterocycles. The van der Waals surface area contributed by atoms with Crippen molar-refractivity contribution in [3.63, 3.8) is 0 Å². The van der Waals surface area contributed by atoms with Crippen LogP contribution in [0, 0.1) is 11.6 Å². The Kier molecular flexibility index (Phi) is 6.88. The number of benzene rings is 1. The van der Waals surface area contributed by atoms with Crippen LogP contribution in [0.4, 0.5) is 8.78 Å². The molecule has 0 saturated carbocycles. The average molecular weight is 255 g/mol. The zero-order valence-electron chi connectivity index (χ0n) is 11.3. The lowest BCUT2D eigenvalue weighted by Gasteiger charge is -2.17. The molecule has 0 heterocycles. The maximum Gasteiger partial charge on any atom is 0.159 e. The number of hydrogen-bond acceptors (Lipinski definition) is 1. The molecule has 1 N–H and O–H groups in total. The van der Waals surface area contributed by atoms with E-state index in [2.05, 4.69) is 19.2 Å². The van der Waals surface area contributed by atoms with E-state index in [1.165, 1.54) is 12.1 Å². The van der Waals surface area contributed by atoms with E-state index in [9.17, 15) is 8.78 Å². The normalized spacial score (nSPS) is 12.7. The Balaban J connectivity index is 2.47. The fraction of sp³-hybridized carbons (Fsp3) is 0.600. The van der Waals surface area contributed by atoms with E-state index in [-0.39, 0.29) is 0 Å². The summed E-state index contributed by atoms with van der Waals surface area (Å²) >= 11 is 0. The van der Waals surface area contributed by atoms with Gasteiger partial charge in [-0.25, -0.2) is 8.78 Å². The van der Waals surface area contributed by atoms with Crippen LogP contribution in [0.1, 0.15) is 45.1 Å². The van der Waals surface area contributed by atoms with Gasteiger partial charge in [-0.2, -0.15) is 0 Å². The van der Waals surface area contributed by atoms with Gasteiger partial charge in [0.2, 0.25) is 0 Å². The Labute approximate surface area is 109 Å². The highest BCUT2D eigenvalue weighted by atomic mass is 19.2. The van der Waals surface area contributed by atoms with Crippen molar-refractivity contribution in [3.8, 4) is 0 Å². The lowest BCUT2D eigenvalue weighted by Crippen LogP contribution is -2.30. The minimum atomic E-state index is -0.770. The molecule has 0 aromatic heterocycles. The molecule has 0 amide bonds. The summed E-state index contributed by atoms with van der Waals surface area (Å²) in [5.41, 5.74) is 0.869. The maximum atomic E-state index is 13.1. The van der Waals surface area contributed by atoms with Gasteiger partial charge in [0.1, 0.15) is 0 Å². The van der Waals surface area contributed by atoms with Gasteiger partial charge in [0.05, 0.1) is 0 Å². The number of hydrogen-bond donors (Lipinski definition) is 1. The lowest BCUT2D eigenvalue weighted by atomic mass is 10.0. The highest BCUT2D eigenvalue weighted by Gasteiger charge is 2.08. The Morgan fingerprint density at radius 1 is 1.06 bits per heavy atom. The molecule has 18 heavy (non-hydrogen) atoms. The molecule has 1 aromatic carbocycles. The third kappa shape index (κ3) is 5.13. The van der Waals surface area contributed by atoms with Crippen molar-refractivity contribution in [2.75, 3.05) is 6.54 Å². The van der Waals surface area contributed by atoms with Gasteiger partial charge < -0.3 is 5.32 Å². The van der Waals surface area contributed by atoms with E-state index >= 15 is 0 Å². The summed E-state index contributed by atoms with van der Waals surface area (Å²) in [7, 11) is 0. The monoisotopic (exact) mass is 255 g/mol. The van der Waals surface area contributed by atoms with E-state index in [0.29, 0.717) is 6.04 Å². The summed E-state index contributed by atoms with van der Waals surface area (Å²) in [6.07, 6.45) is 5.14. The fourth-order valence-corrected chi connectivity index (χ4v) is 2.08. The van der Waals surface area contributed by atoms with Crippen molar-refractivity contribution in [1.29, 1.82) is 0 Å². The summed E-state index contributed by atoms with van der Waals surface area (Å²) in [6, 6.07) is 4.65. The van der Waals surface area contributed by atoms with Crippen LogP contribution >= 0.6 is 0 Å². The molecule has 1 atom stereocenters. The van der Waals surface area contributed by atoms with Gasteiger partial charge in [-0.05, 0) is 49.9 Å². The Morgan fingerprint density at radius 2 is 1.83 bits per heavy atom. The van der Waals surface area contributed by atoms with Gasteiger partial charge in [0.25, 0.3) is 0 Å². The number of rotatable bonds is 8. The molecule has 1 unspecified atom stereocenters. The number of halogens is 2. The van der Waals surface area contributed by atoms with Crippen LogP contribution in [0.3, 0.4) is 0 Å². The zero-order chi connectivity index (χ0) is 13.4. The third-order valence-electron chi connectivity index (χ3n) is 3.09. The van der Waals surface area contributed by atoms with Crippen molar-refractivity contribution in [1.82, 2.24) is 5.32 Å². The molecule has 1 aromatic rings. The number of nitrogens with one attached hydrogen (secondary N) is 1. The molecule has 0 aliphatic heterocycles. The largest absolute Gasteiger partial charge is 0.314 e. The number of aryl methyl sites for hydroxylation is 1. The first-order valence-corrected chi connectivity index (χ1v) is 6.84. The second kappa shape index (κ2) is 8.20. The molecule has 0 bridgehead atoms.